The topological polar surface area (TPSA) is 60.4 Å². The number of hydrogen-bond donors (Lipinski definition) is 1. The molecule has 7 nitrogen and oxygen atoms in total. The van der Waals surface area contributed by atoms with Crippen molar-refractivity contribution in [2.75, 3.05) is 66.6 Å². The maximum absolute atomic E-state index is 11.9. The molecule has 1 amide bonds. The molecule has 154 valence electrons. The molecule has 1 saturated heterocycles. The van der Waals surface area contributed by atoms with Crippen molar-refractivity contribution in [2.24, 2.45) is 4.99 Å². The summed E-state index contributed by atoms with van der Waals surface area (Å²) < 4.78 is 5.39. The molecule has 0 aromatic heterocycles. The summed E-state index contributed by atoms with van der Waals surface area (Å²) in [4.78, 5) is 22.8. The molecule has 1 heterocycles. The fraction of sp³-hybridized carbons (Fsp3) is 0.889. The second kappa shape index (κ2) is 14.4. The number of carbonyl (C=O) groups is 1. The third-order valence-corrected chi connectivity index (χ3v) is 4.61. The molecule has 1 aliphatic rings. The van der Waals surface area contributed by atoms with Gasteiger partial charge in [0.05, 0.1) is 0 Å². The fourth-order valence-electron chi connectivity index (χ4n) is 3.04. The van der Waals surface area contributed by atoms with Gasteiger partial charge in [-0.1, -0.05) is 13.8 Å². The number of rotatable bonds is 10. The van der Waals surface area contributed by atoms with Crippen LogP contribution in [-0.4, -0.2) is 99.2 Å². The lowest BCUT2D eigenvalue weighted by molar-refractivity contribution is -0.127. The Labute approximate surface area is 176 Å². The molecule has 1 rings (SSSR count). The predicted molar refractivity (Wildman–Crippen MR) is 118 cm³/mol. The third-order valence-electron chi connectivity index (χ3n) is 4.61. The van der Waals surface area contributed by atoms with Crippen molar-refractivity contribution >= 4 is 35.8 Å². The van der Waals surface area contributed by atoms with Crippen molar-refractivity contribution in [3.8, 4) is 0 Å². The number of ether oxygens (including phenoxy) is 1. The highest BCUT2D eigenvalue weighted by atomic mass is 127. The monoisotopic (exact) mass is 483 g/mol. The van der Waals surface area contributed by atoms with Crippen LogP contribution in [0.15, 0.2) is 4.99 Å². The molecule has 0 aromatic rings. The second-order valence-corrected chi connectivity index (χ2v) is 6.51. The van der Waals surface area contributed by atoms with E-state index in [4.69, 9.17) is 4.74 Å². The number of halogens is 1. The van der Waals surface area contributed by atoms with E-state index in [0.29, 0.717) is 6.04 Å². The van der Waals surface area contributed by atoms with Crippen LogP contribution in [0.4, 0.5) is 0 Å². The van der Waals surface area contributed by atoms with E-state index in [2.05, 4.69) is 34.0 Å². The van der Waals surface area contributed by atoms with Gasteiger partial charge >= 0.3 is 0 Å². The molecule has 0 spiro atoms. The van der Waals surface area contributed by atoms with Crippen LogP contribution in [0.5, 0.6) is 0 Å². The molecule has 1 N–H and O–H groups in total. The van der Waals surface area contributed by atoms with Crippen molar-refractivity contribution in [3.63, 3.8) is 0 Å². The van der Waals surface area contributed by atoms with Gasteiger partial charge in [0.2, 0.25) is 5.91 Å². The maximum atomic E-state index is 11.9. The highest BCUT2D eigenvalue weighted by molar-refractivity contribution is 14.0. The first kappa shape index (κ1) is 25.4. The third kappa shape index (κ3) is 8.85. The van der Waals surface area contributed by atoms with Crippen molar-refractivity contribution in [1.82, 2.24) is 20.0 Å². The predicted octanol–water partition coefficient (Wildman–Crippen LogP) is 1.48. The van der Waals surface area contributed by atoms with Crippen LogP contribution in [-0.2, 0) is 9.53 Å². The number of aliphatic imine (C=N–C) groups is 1. The van der Waals surface area contributed by atoms with Gasteiger partial charge in [0.25, 0.3) is 0 Å². The average molecular weight is 483 g/mol. The number of hydrogen-bond acceptors (Lipinski definition) is 4. The quantitative estimate of drug-likeness (QED) is 0.221. The molecule has 0 aliphatic carbocycles. The van der Waals surface area contributed by atoms with E-state index in [1.54, 1.807) is 19.0 Å². The van der Waals surface area contributed by atoms with Gasteiger partial charge in [-0.2, -0.15) is 0 Å². The standard InChI is InChI=1S/C18H37N5O2.HI/c1-6-22(7-2)16-10-12-23(15-16)18(19-11-9-13-25-8-3)20-14-17(24)21(4)5;/h16H,6-15H2,1-5H3,(H,19,20);1H. The van der Waals surface area contributed by atoms with Gasteiger partial charge in [0, 0.05) is 53.0 Å². The summed E-state index contributed by atoms with van der Waals surface area (Å²) in [5, 5.41) is 3.42. The number of amides is 1. The molecular formula is C18H38IN5O2. The van der Waals surface area contributed by atoms with E-state index in [0.717, 1.165) is 64.7 Å². The van der Waals surface area contributed by atoms with Gasteiger partial charge in [-0.25, -0.2) is 4.99 Å². The summed E-state index contributed by atoms with van der Waals surface area (Å²) in [5.74, 6) is 0.870. The Hall–Kier alpha value is -0.610. The Morgan fingerprint density at radius 2 is 1.96 bits per heavy atom. The first-order valence-electron chi connectivity index (χ1n) is 9.58. The molecule has 1 fully saturated rings. The number of nitrogens with one attached hydrogen (secondary N) is 1. The van der Waals surface area contributed by atoms with Gasteiger partial charge < -0.3 is 19.9 Å². The Morgan fingerprint density at radius 3 is 2.54 bits per heavy atom. The number of carbonyl (C=O) groups excluding carboxylic acids is 1. The molecule has 26 heavy (non-hydrogen) atoms. The highest BCUT2D eigenvalue weighted by Crippen LogP contribution is 2.15. The molecule has 1 atom stereocenters. The van der Waals surface area contributed by atoms with E-state index in [-0.39, 0.29) is 36.4 Å². The summed E-state index contributed by atoms with van der Waals surface area (Å²) in [6, 6.07) is 0.565. The Morgan fingerprint density at radius 1 is 1.27 bits per heavy atom. The van der Waals surface area contributed by atoms with E-state index in [9.17, 15) is 4.79 Å². The number of likely N-dealkylation sites (tertiary alicyclic amines) is 1. The van der Waals surface area contributed by atoms with Crippen molar-refractivity contribution in [3.05, 3.63) is 0 Å². The van der Waals surface area contributed by atoms with Gasteiger partial charge in [0.1, 0.15) is 6.54 Å². The molecule has 0 saturated carbocycles. The van der Waals surface area contributed by atoms with Crippen LogP contribution in [0.25, 0.3) is 0 Å². The lowest BCUT2D eigenvalue weighted by atomic mass is 10.2. The summed E-state index contributed by atoms with van der Waals surface area (Å²) in [6.45, 7) is 13.0. The SMILES string of the molecule is CCOCCCNC(=NCC(=O)N(C)C)N1CCC(N(CC)CC)C1.I. The normalized spacial score (nSPS) is 17.4. The number of likely N-dealkylation sites (N-methyl/N-ethyl adjacent to an activating group) is 2. The minimum absolute atomic E-state index is 0. The van der Waals surface area contributed by atoms with Crippen molar-refractivity contribution in [1.29, 1.82) is 0 Å². The largest absolute Gasteiger partial charge is 0.382 e. The van der Waals surface area contributed by atoms with E-state index in [1.807, 2.05) is 6.92 Å². The Kier molecular flexibility index (Phi) is 14.1. The summed E-state index contributed by atoms with van der Waals surface area (Å²) >= 11 is 0. The zero-order valence-electron chi connectivity index (χ0n) is 17.2. The van der Waals surface area contributed by atoms with Crippen LogP contribution in [0.2, 0.25) is 0 Å². The minimum atomic E-state index is 0. The molecule has 1 aliphatic heterocycles. The zero-order chi connectivity index (χ0) is 18.7. The van der Waals surface area contributed by atoms with Crippen LogP contribution in [0.1, 0.15) is 33.6 Å². The van der Waals surface area contributed by atoms with Crippen LogP contribution >= 0.6 is 24.0 Å². The summed E-state index contributed by atoms with van der Waals surface area (Å²) in [5.41, 5.74) is 0. The number of nitrogens with zero attached hydrogens (tertiary/aromatic N) is 4. The number of guanidine groups is 1. The molecule has 1 unspecified atom stereocenters. The van der Waals surface area contributed by atoms with Crippen LogP contribution < -0.4 is 5.32 Å². The summed E-state index contributed by atoms with van der Waals surface area (Å²) in [6.07, 6.45) is 2.07. The molecule has 0 bridgehead atoms. The fourth-order valence-corrected chi connectivity index (χ4v) is 3.04. The van der Waals surface area contributed by atoms with E-state index in [1.165, 1.54) is 0 Å². The lowest BCUT2D eigenvalue weighted by Gasteiger charge is -2.27. The first-order chi connectivity index (χ1) is 12.0. The van der Waals surface area contributed by atoms with Gasteiger partial charge in [-0.05, 0) is 32.9 Å². The summed E-state index contributed by atoms with van der Waals surface area (Å²) in [7, 11) is 3.53. The van der Waals surface area contributed by atoms with Crippen LogP contribution in [0.3, 0.4) is 0 Å². The molecule has 0 radical (unpaired) electrons. The smallest absolute Gasteiger partial charge is 0.243 e. The maximum Gasteiger partial charge on any atom is 0.243 e. The Bertz CT molecular complexity index is 416. The minimum Gasteiger partial charge on any atom is -0.382 e. The highest BCUT2D eigenvalue weighted by Gasteiger charge is 2.28. The van der Waals surface area contributed by atoms with Crippen molar-refractivity contribution in [2.45, 2.75) is 39.7 Å². The van der Waals surface area contributed by atoms with Crippen LogP contribution in [0, 0.1) is 0 Å². The second-order valence-electron chi connectivity index (χ2n) is 6.51. The first-order valence-corrected chi connectivity index (χ1v) is 9.58. The lowest BCUT2D eigenvalue weighted by Crippen LogP contribution is -2.44. The van der Waals surface area contributed by atoms with E-state index >= 15 is 0 Å². The van der Waals surface area contributed by atoms with Gasteiger partial charge in [-0.15, -0.1) is 24.0 Å². The zero-order valence-corrected chi connectivity index (χ0v) is 19.5. The van der Waals surface area contributed by atoms with E-state index < -0.39 is 0 Å². The molecule has 0 aromatic carbocycles. The van der Waals surface area contributed by atoms with Gasteiger partial charge in [-0.3, -0.25) is 9.69 Å². The van der Waals surface area contributed by atoms with Crippen molar-refractivity contribution < 1.29 is 9.53 Å². The Balaban J connectivity index is 0.00000625. The molecular weight excluding hydrogens is 445 g/mol. The average Bonchev–Trinajstić information content (AvgIpc) is 3.07. The molecule has 8 heteroatoms. The van der Waals surface area contributed by atoms with Gasteiger partial charge in [0.15, 0.2) is 5.96 Å².